The van der Waals surface area contributed by atoms with Crippen molar-refractivity contribution in [3.8, 4) is 0 Å². The van der Waals surface area contributed by atoms with Crippen molar-refractivity contribution in [1.82, 2.24) is 14.3 Å². The molecule has 10 heteroatoms. The molecule has 2 unspecified atom stereocenters. The highest BCUT2D eigenvalue weighted by atomic mass is 35.5. The molecule has 0 amide bonds. The Bertz CT molecular complexity index is 663. The van der Waals surface area contributed by atoms with Crippen molar-refractivity contribution in [3.05, 3.63) is 35.4 Å². The van der Waals surface area contributed by atoms with E-state index in [0.29, 0.717) is 25.1 Å². The Hall–Kier alpha value is -0.840. The largest absolute Gasteiger partial charge is 0.383 e. The van der Waals surface area contributed by atoms with Crippen molar-refractivity contribution in [1.29, 1.82) is 0 Å². The molecule has 0 aromatic heterocycles. The van der Waals surface area contributed by atoms with Crippen LogP contribution in [0.3, 0.4) is 0 Å². The summed E-state index contributed by atoms with van der Waals surface area (Å²) in [6.07, 6.45) is 0.625. The number of piperidine rings is 1. The Balaban J connectivity index is 0.00000312. The van der Waals surface area contributed by atoms with Crippen LogP contribution in [-0.2, 0) is 14.9 Å². The molecule has 0 spiro atoms. The summed E-state index contributed by atoms with van der Waals surface area (Å²) in [5.41, 5.74) is 0.586. The van der Waals surface area contributed by atoms with Gasteiger partial charge in [-0.25, -0.2) is 8.78 Å². The molecule has 2 N–H and O–H groups in total. The molecule has 1 aromatic carbocycles. The molecule has 0 aliphatic carbocycles. The van der Waals surface area contributed by atoms with Crippen molar-refractivity contribution in [2.45, 2.75) is 18.4 Å². The summed E-state index contributed by atoms with van der Waals surface area (Å²) in [5, 5.41) is 3.13. The molecular weight excluding hydrogens is 376 g/mol. The molecule has 1 saturated heterocycles. The highest BCUT2D eigenvalue weighted by Gasteiger charge is 2.31. The lowest BCUT2D eigenvalue weighted by Crippen LogP contribution is -2.53. The minimum absolute atomic E-state index is 0. The Labute approximate surface area is 153 Å². The van der Waals surface area contributed by atoms with Crippen LogP contribution in [-0.4, -0.2) is 59.2 Å². The van der Waals surface area contributed by atoms with E-state index in [4.69, 9.17) is 4.74 Å². The number of hydrogen-bond donors (Lipinski definition) is 2. The highest BCUT2D eigenvalue weighted by molar-refractivity contribution is 7.87. The van der Waals surface area contributed by atoms with Gasteiger partial charge in [-0.05, 0) is 30.7 Å². The first kappa shape index (κ1) is 22.2. The molecule has 1 heterocycles. The first-order valence-electron chi connectivity index (χ1n) is 7.73. The maximum Gasteiger partial charge on any atom is 0.279 e. The topological polar surface area (TPSA) is 70.7 Å². The van der Waals surface area contributed by atoms with Gasteiger partial charge in [0.15, 0.2) is 11.6 Å². The number of halogens is 3. The quantitative estimate of drug-likeness (QED) is 0.723. The Morgan fingerprint density at radius 2 is 2.08 bits per heavy atom. The third-order valence-electron chi connectivity index (χ3n) is 4.17. The van der Waals surface area contributed by atoms with E-state index in [1.54, 1.807) is 0 Å². The van der Waals surface area contributed by atoms with Crippen LogP contribution in [0.1, 0.15) is 17.9 Å². The maximum atomic E-state index is 13.5. The van der Waals surface area contributed by atoms with Gasteiger partial charge in [0, 0.05) is 39.2 Å². The summed E-state index contributed by atoms with van der Waals surface area (Å²) in [6.45, 7) is 1.61. The van der Waals surface area contributed by atoms with Crippen LogP contribution in [0.25, 0.3) is 0 Å². The molecule has 0 saturated carbocycles. The Kier molecular flexibility index (Phi) is 8.66. The zero-order chi connectivity index (χ0) is 17.7. The van der Waals surface area contributed by atoms with Gasteiger partial charge in [0.25, 0.3) is 10.2 Å². The fourth-order valence-electron chi connectivity index (χ4n) is 2.75. The molecule has 1 aliphatic heterocycles. The van der Waals surface area contributed by atoms with E-state index in [1.807, 2.05) is 0 Å². The monoisotopic (exact) mass is 399 g/mol. The molecule has 6 nitrogen and oxygen atoms in total. The molecule has 1 fully saturated rings. The number of rotatable bonds is 7. The normalized spacial score (nSPS) is 21.2. The van der Waals surface area contributed by atoms with E-state index in [1.165, 1.54) is 24.5 Å². The van der Waals surface area contributed by atoms with Gasteiger partial charge in [0.2, 0.25) is 0 Å². The highest BCUT2D eigenvalue weighted by Crippen LogP contribution is 2.27. The van der Waals surface area contributed by atoms with E-state index < -0.39 is 27.9 Å². The number of nitrogens with one attached hydrogen (secondary N) is 2. The van der Waals surface area contributed by atoms with Crippen molar-refractivity contribution in [2.75, 3.05) is 40.4 Å². The van der Waals surface area contributed by atoms with Gasteiger partial charge in [0.05, 0.1) is 6.61 Å². The summed E-state index contributed by atoms with van der Waals surface area (Å²) in [7, 11) is -0.735. The first-order chi connectivity index (χ1) is 11.3. The fourth-order valence-corrected chi connectivity index (χ4v) is 3.87. The third kappa shape index (κ3) is 5.83. The molecule has 0 radical (unpaired) electrons. The molecule has 25 heavy (non-hydrogen) atoms. The molecule has 1 aliphatic rings. The molecule has 144 valence electrons. The van der Waals surface area contributed by atoms with E-state index in [2.05, 4.69) is 10.0 Å². The van der Waals surface area contributed by atoms with Crippen LogP contribution in [0.2, 0.25) is 0 Å². The predicted octanol–water partition coefficient (Wildman–Crippen LogP) is 1.24. The second-order valence-electron chi connectivity index (χ2n) is 5.82. The average molecular weight is 400 g/mol. The van der Waals surface area contributed by atoms with Gasteiger partial charge in [-0.1, -0.05) is 6.07 Å². The van der Waals surface area contributed by atoms with Gasteiger partial charge >= 0.3 is 0 Å². The zero-order valence-corrected chi connectivity index (χ0v) is 15.8. The van der Waals surface area contributed by atoms with Gasteiger partial charge in [-0.15, -0.1) is 12.4 Å². The van der Waals surface area contributed by atoms with Crippen molar-refractivity contribution in [2.24, 2.45) is 0 Å². The van der Waals surface area contributed by atoms with Crippen LogP contribution in [0.15, 0.2) is 18.2 Å². The maximum absolute atomic E-state index is 13.5. The Morgan fingerprint density at radius 1 is 1.36 bits per heavy atom. The molecule has 0 bridgehead atoms. The van der Waals surface area contributed by atoms with E-state index >= 15 is 0 Å². The molecule has 2 rings (SSSR count). The second-order valence-corrected chi connectivity index (χ2v) is 7.63. The van der Waals surface area contributed by atoms with Gasteiger partial charge in [-0.2, -0.15) is 17.4 Å². The lowest BCUT2D eigenvalue weighted by molar-refractivity contribution is 0.184. The standard InChI is InChI=1S/C15H23F2N3O3S.ClH/c1-20(7-8-23-2)24(21,22)19-15-10-18-6-5-12(15)11-3-4-13(16)14(17)9-11;/h3-4,9,12,15,18-19H,5-8,10H2,1-2H3;1H. The fraction of sp³-hybridized carbons (Fsp3) is 0.600. The number of benzene rings is 1. The van der Waals surface area contributed by atoms with Gasteiger partial charge in [0.1, 0.15) is 0 Å². The van der Waals surface area contributed by atoms with E-state index in [0.717, 1.165) is 12.1 Å². The summed E-state index contributed by atoms with van der Waals surface area (Å²) < 4.78 is 60.2. The predicted molar refractivity (Wildman–Crippen MR) is 94.2 cm³/mol. The zero-order valence-electron chi connectivity index (χ0n) is 14.2. The van der Waals surface area contributed by atoms with Crippen LogP contribution < -0.4 is 10.0 Å². The van der Waals surface area contributed by atoms with Crippen molar-refractivity contribution in [3.63, 3.8) is 0 Å². The summed E-state index contributed by atoms with van der Waals surface area (Å²) in [5.74, 6) is -2.07. The number of nitrogens with zero attached hydrogens (tertiary/aromatic N) is 1. The van der Waals surface area contributed by atoms with E-state index in [-0.39, 0.29) is 31.5 Å². The summed E-state index contributed by atoms with van der Waals surface area (Å²) in [6, 6.07) is 3.27. The third-order valence-corrected chi connectivity index (χ3v) is 5.78. The lowest BCUT2D eigenvalue weighted by Gasteiger charge is -2.34. The van der Waals surface area contributed by atoms with E-state index in [9.17, 15) is 17.2 Å². The smallest absolute Gasteiger partial charge is 0.279 e. The lowest BCUT2D eigenvalue weighted by atomic mass is 9.86. The van der Waals surface area contributed by atoms with Crippen LogP contribution in [0, 0.1) is 11.6 Å². The van der Waals surface area contributed by atoms with Crippen LogP contribution in [0.4, 0.5) is 8.78 Å². The SMILES string of the molecule is COCCN(C)S(=O)(=O)NC1CNCCC1c1ccc(F)c(F)c1.Cl. The number of hydrogen-bond acceptors (Lipinski definition) is 4. The molecule has 1 aromatic rings. The first-order valence-corrected chi connectivity index (χ1v) is 9.17. The van der Waals surface area contributed by atoms with Crippen LogP contribution >= 0.6 is 12.4 Å². The van der Waals surface area contributed by atoms with Gasteiger partial charge in [-0.3, -0.25) is 0 Å². The van der Waals surface area contributed by atoms with Crippen molar-refractivity contribution < 1.29 is 21.9 Å². The molecular formula is C15H24ClF2N3O3S. The number of ether oxygens (including phenoxy) is 1. The Morgan fingerprint density at radius 3 is 2.72 bits per heavy atom. The summed E-state index contributed by atoms with van der Waals surface area (Å²) in [4.78, 5) is 0. The van der Waals surface area contributed by atoms with Crippen molar-refractivity contribution >= 4 is 22.6 Å². The minimum atomic E-state index is -3.70. The number of methoxy groups -OCH3 is 1. The minimum Gasteiger partial charge on any atom is -0.383 e. The second kappa shape index (κ2) is 9.75. The molecule has 2 atom stereocenters. The van der Waals surface area contributed by atoms with Gasteiger partial charge < -0.3 is 10.1 Å². The van der Waals surface area contributed by atoms with Crippen LogP contribution in [0.5, 0.6) is 0 Å². The average Bonchev–Trinajstić information content (AvgIpc) is 2.55. The number of likely N-dealkylation sites (N-methyl/N-ethyl adjacent to an activating group) is 1. The summed E-state index contributed by atoms with van der Waals surface area (Å²) >= 11 is 0.